The van der Waals surface area contributed by atoms with Gasteiger partial charge in [0, 0.05) is 34.8 Å². The Hall–Kier alpha value is -2.93. The molecule has 48 heavy (non-hydrogen) atoms. The van der Waals surface area contributed by atoms with Crippen LogP contribution in [0.1, 0.15) is 92.4 Å². The first-order valence-electron chi connectivity index (χ1n) is 18.1. The molecule has 0 amide bonds. The number of hydrogen-bond donors (Lipinski definition) is 0. The van der Waals surface area contributed by atoms with Crippen molar-refractivity contribution in [2.24, 2.45) is 11.8 Å². The molecule has 0 saturated heterocycles. The van der Waals surface area contributed by atoms with Gasteiger partial charge in [-0.25, -0.2) is 0 Å². The number of carbonyl (C=O) groups excluding carboxylic acids is 2. The molecule has 1 saturated carbocycles. The summed E-state index contributed by atoms with van der Waals surface area (Å²) < 4.78 is 13.0. The minimum absolute atomic E-state index is 0.00521. The minimum atomic E-state index is -2.91. The van der Waals surface area contributed by atoms with E-state index in [1.54, 1.807) is 0 Å². The number of thioether (sulfide) groups is 1. The first-order chi connectivity index (χ1) is 23.2. The second kappa shape index (κ2) is 18.7. The van der Waals surface area contributed by atoms with Crippen molar-refractivity contribution in [2.45, 2.75) is 114 Å². The summed E-state index contributed by atoms with van der Waals surface area (Å²) in [6, 6.07) is 32.1. The van der Waals surface area contributed by atoms with E-state index < -0.39 is 8.32 Å². The summed E-state index contributed by atoms with van der Waals surface area (Å²) in [5.74, 6) is -0.0179. The summed E-state index contributed by atoms with van der Waals surface area (Å²) in [6.07, 6.45) is 12.2. The number of ether oxygens (including phenoxy) is 1. The number of esters is 1. The van der Waals surface area contributed by atoms with Crippen LogP contribution in [0.3, 0.4) is 0 Å². The van der Waals surface area contributed by atoms with Crippen LogP contribution in [-0.2, 0) is 18.8 Å². The molecule has 0 aromatic heterocycles. The van der Waals surface area contributed by atoms with Gasteiger partial charge in [0.15, 0.2) is 0 Å². The molecule has 0 aliphatic heterocycles. The van der Waals surface area contributed by atoms with Gasteiger partial charge in [0.05, 0.1) is 12.7 Å². The molecule has 1 aliphatic carbocycles. The van der Waals surface area contributed by atoms with Crippen LogP contribution in [0.15, 0.2) is 108 Å². The van der Waals surface area contributed by atoms with Crippen LogP contribution >= 0.6 is 11.8 Å². The summed E-state index contributed by atoms with van der Waals surface area (Å²) in [5.41, 5.74) is 0. The topological polar surface area (TPSA) is 52.6 Å². The lowest BCUT2D eigenvalue weighted by Crippen LogP contribution is -2.68. The standard InChI is InChI=1S/C42H56O4SSi/c1-6-8-9-10-20-30-39(47-33-23-14-11-15-24-33)41-36(29-21-22-31-40(44)45-7-2)37(43)32-38(41)46-48(42(3,4)5,34-25-16-12-17-26-34)35-27-18-13-19-28-35/h11-20,23-28,30,36,38-39,41H,6-10,21-22,29,31-32H2,1-5H3/b30-20+/t36-,38-,39+,41-/m1/s1. The van der Waals surface area contributed by atoms with Gasteiger partial charge in [-0.05, 0) is 60.2 Å². The van der Waals surface area contributed by atoms with Crippen molar-refractivity contribution in [3.8, 4) is 0 Å². The molecule has 4 atom stereocenters. The average molecular weight is 685 g/mol. The zero-order chi connectivity index (χ0) is 34.4. The second-order valence-corrected chi connectivity index (χ2v) is 19.5. The fourth-order valence-corrected chi connectivity index (χ4v) is 13.4. The Morgan fingerprint density at radius 3 is 2.04 bits per heavy atom. The molecular formula is C42H56O4SSi. The predicted octanol–water partition coefficient (Wildman–Crippen LogP) is 9.56. The second-order valence-electron chi connectivity index (χ2n) is 14.0. The largest absolute Gasteiger partial charge is 0.466 e. The third-order valence-corrected chi connectivity index (χ3v) is 16.0. The first-order valence-corrected chi connectivity index (χ1v) is 20.9. The minimum Gasteiger partial charge on any atom is -0.466 e. The number of Topliss-reactive ketones (excluding diaryl/α,β-unsaturated/α-hetero) is 1. The highest BCUT2D eigenvalue weighted by molar-refractivity contribution is 8.00. The van der Waals surface area contributed by atoms with E-state index in [1.807, 2.05) is 18.7 Å². The monoisotopic (exact) mass is 684 g/mol. The lowest BCUT2D eigenvalue weighted by molar-refractivity contribution is -0.143. The molecule has 3 aromatic carbocycles. The Morgan fingerprint density at radius 1 is 0.875 bits per heavy atom. The third-order valence-electron chi connectivity index (χ3n) is 9.60. The van der Waals surface area contributed by atoms with Crippen LogP contribution in [0.25, 0.3) is 0 Å². The van der Waals surface area contributed by atoms with E-state index in [1.165, 1.54) is 34.5 Å². The SMILES string of the molecule is CCCCC/C=C/[C@H](Sc1ccccc1)[C@@H]1[C@H](CCCCC(=O)OCC)C(=O)C[C@H]1O[Si](c1ccccc1)(c1ccccc1)C(C)(C)C. The fourth-order valence-electron chi connectivity index (χ4n) is 7.30. The van der Waals surface area contributed by atoms with Crippen LogP contribution in [0.4, 0.5) is 0 Å². The Kier molecular flexibility index (Phi) is 14.8. The van der Waals surface area contributed by atoms with Gasteiger partial charge >= 0.3 is 5.97 Å². The molecule has 0 heterocycles. The van der Waals surface area contributed by atoms with Crippen LogP contribution in [0.5, 0.6) is 0 Å². The van der Waals surface area contributed by atoms with Gasteiger partial charge in [-0.1, -0.05) is 138 Å². The quantitative estimate of drug-likeness (QED) is 0.0439. The Bertz CT molecular complexity index is 1380. The maximum absolute atomic E-state index is 14.2. The number of hydrogen-bond acceptors (Lipinski definition) is 5. The van der Waals surface area contributed by atoms with Gasteiger partial charge in [-0.3, -0.25) is 9.59 Å². The van der Waals surface area contributed by atoms with Crippen molar-refractivity contribution in [3.05, 3.63) is 103 Å². The molecule has 0 N–H and O–H groups in total. The number of carbonyl (C=O) groups is 2. The summed E-state index contributed by atoms with van der Waals surface area (Å²) in [4.78, 5) is 27.5. The molecule has 1 aliphatic rings. The molecule has 4 nitrogen and oxygen atoms in total. The summed E-state index contributed by atoms with van der Waals surface area (Å²) in [6.45, 7) is 11.4. The fraction of sp³-hybridized carbons (Fsp3) is 0.476. The highest BCUT2D eigenvalue weighted by atomic mass is 32.2. The molecular weight excluding hydrogens is 629 g/mol. The zero-order valence-electron chi connectivity index (χ0n) is 29.7. The highest BCUT2D eigenvalue weighted by Gasteiger charge is 2.55. The first kappa shape index (κ1) is 37.9. The summed E-state index contributed by atoms with van der Waals surface area (Å²) in [5, 5.41) is 2.34. The van der Waals surface area contributed by atoms with Crippen LogP contribution in [0.2, 0.25) is 5.04 Å². The zero-order valence-corrected chi connectivity index (χ0v) is 31.6. The van der Waals surface area contributed by atoms with E-state index >= 15 is 0 Å². The number of benzene rings is 3. The molecule has 0 radical (unpaired) electrons. The van der Waals surface area contributed by atoms with E-state index in [2.05, 4.69) is 131 Å². The van der Waals surface area contributed by atoms with Gasteiger partial charge in [0.2, 0.25) is 0 Å². The number of rotatable bonds is 18. The van der Waals surface area contributed by atoms with Crippen molar-refractivity contribution in [1.82, 2.24) is 0 Å². The van der Waals surface area contributed by atoms with Crippen molar-refractivity contribution >= 4 is 42.2 Å². The van der Waals surface area contributed by atoms with Crippen LogP contribution < -0.4 is 10.4 Å². The van der Waals surface area contributed by atoms with E-state index in [-0.39, 0.29) is 40.0 Å². The van der Waals surface area contributed by atoms with Crippen molar-refractivity contribution in [1.29, 1.82) is 0 Å². The lowest BCUT2D eigenvalue weighted by Gasteiger charge is -2.46. The maximum Gasteiger partial charge on any atom is 0.305 e. The van der Waals surface area contributed by atoms with Gasteiger partial charge < -0.3 is 9.16 Å². The molecule has 258 valence electrons. The highest BCUT2D eigenvalue weighted by Crippen LogP contribution is 2.47. The molecule has 6 heteroatoms. The molecule has 3 aromatic rings. The van der Waals surface area contributed by atoms with Crippen molar-refractivity contribution < 1.29 is 18.8 Å². The number of unbranched alkanes of at least 4 members (excludes halogenated alkanes) is 4. The molecule has 4 rings (SSSR count). The van der Waals surface area contributed by atoms with E-state index in [9.17, 15) is 9.59 Å². The Balaban J connectivity index is 1.78. The number of ketones is 1. The predicted molar refractivity (Wildman–Crippen MR) is 204 cm³/mol. The van der Waals surface area contributed by atoms with Gasteiger partial charge in [-0.2, -0.15) is 0 Å². The van der Waals surface area contributed by atoms with Crippen molar-refractivity contribution in [3.63, 3.8) is 0 Å². The van der Waals surface area contributed by atoms with E-state index in [0.717, 1.165) is 25.7 Å². The smallest absolute Gasteiger partial charge is 0.305 e. The Labute approximate surface area is 295 Å². The molecule has 0 spiro atoms. The van der Waals surface area contributed by atoms with Gasteiger partial charge in [-0.15, -0.1) is 11.8 Å². The number of allylic oxidation sites excluding steroid dienone is 1. The maximum atomic E-state index is 14.2. The summed E-state index contributed by atoms with van der Waals surface area (Å²) >= 11 is 1.86. The lowest BCUT2D eigenvalue weighted by atomic mass is 9.86. The normalized spacial score (nSPS) is 19.1. The average Bonchev–Trinajstić information content (AvgIpc) is 3.39. The van der Waals surface area contributed by atoms with E-state index in [0.29, 0.717) is 19.4 Å². The van der Waals surface area contributed by atoms with Crippen LogP contribution in [0, 0.1) is 11.8 Å². The molecule has 1 fully saturated rings. The Morgan fingerprint density at radius 2 is 1.48 bits per heavy atom. The van der Waals surface area contributed by atoms with E-state index in [4.69, 9.17) is 9.16 Å². The molecule has 0 unspecified atom stereocenters. The third kappa shape index (κ3) is 9.83. The van der Waals surface area contributed by atoms with Crippen molar-refractivity contribution in [2.75, 3.05) is 6.61 Å². The van der Waals surface area contributed by atoms with Crippen LogP contribution in [-0.4, -0.2) is 38.0 Å². The van der Waals surface area contributed by atoms with Gasteiger partial charge in [0.25, 0.3) is 8.32 Å². The molecule has 0 bridgehead atoms. The van der Waals surface area contributed by atoms with Gasteiger partial charge in [0.1, 0.15) is 5.78 Å². The summed E-state index contributed by atoms with van der Waals surface area (Å²) in [7, 11) is -2.91.